The summed E-state index contributed by atoms with van der Waals surface area (Å²) in [6, 6.07) is 10.5. The smallest absolute Gasteiger partial charge is 0.254 e. The van der Waals surface area contributed by atoms with Gasteiger partial charge in [-0.1, -0.05) is 12.1 Å². The summed E-state index contributed by atoms with van der Waals surface area (Å²) in [6.45, 7) is 3.61. The number of aromatic hydroxyl groups is 1. The van der Waals surface area contributed by atoms with Crippen LogP contribution in [0.15, 0.2) is 30.3 Å². The number of rotatable bonds is 2. The maximum atomic E-state index is 12.2. The van der Waals surface area contributed by atoms with Crippen molar-refractivity contribution in [3.8, 4) is 17.5 Å². The highest BCUT2D eigenvalue weighted by Gasteiger charge is 2.25. The van der Waals surface area contributed by atoms with Gasteiger partial charge in [-0.3, -0.25) is 9.36 Å². The Morgan fingerprint density at radius 3 is 2.61 bits per heavy atom. The van der Waals surface area contributed by atoms with E-state index < -0.39 is 5.91 Å². The molecule has 0 bridgehead atoms. The van der Waals surface area contributed by atoms with Gasteiger partial charge in [0.15, 0.2) is 5.65 Å². The molecule has 0 fully saturated rings. The number of anilines is 1. The molecule has 2 aromatic heterocycles. The van der Waals surface area contributed by atoms with Crippen LogP contribution in [0.5, 0.6) is 5.75 Å². The fraction of sp³-hybridized carbons (Fsp3) is 0.100. The first-order valence-electron chi connectivity index (χ1n) is 8.45. The van der Waals surface area contributed by atoms with Crippen LogP contribution in [-0.4, -0.2) is 25.5 Å². The second-order valence-electron chi connectivity index (χ2n) is 6.52. The molecule has 8 nitrogen and oxygen atoms in total. The first kappa shape index (κ1) is 17.3. The zero-order chi connectivity index (χ0) is 20.2. The molecule has 0 radical (unpaired) electrons. The normalized spacial score (nSPS) is 11.0. The summed E-state index contributed by atoms with van der Waals surface area (Å²) in [5.41, 5.74) is 15.6. The average Bonchev–Trinajstić information content (AvgIpc) is 2.94. The number of nitrogens with two attached hydrogens (primary N) is 2. The number of carbonyl (C=O) groups excluding carboxylic acids is 1. The quantitative estimate of drug-likeness (QED) is 0.493. The van der Waals surface area contributed by atoms with Crippen molar-refractivity contribution in [1.82, 2.24) is 14.5 Å². The van der Waals surface area contributed by atoms with E-state index in [0.717, 1.165) is 5.56 Å². The highest BCUT2D eigenvalue weighted by atomic mass is 16.3. The second-order valence-corrected chi connectivity index (χ2v) is 6.52. The molecule has 2 aromatic carbocycles. The number of benzene rings is 2. The van der Waals surface area contributed by atoms with Gasteiger partial charge < -0.3 is 16.6 Å². The van der Waals surface area contributed by atoms with Gasteiger partial charge in [-0.25, -0.2) is 9.97 Å². The van der Waals surface area contributed by atoms with Gasteiger partial charge in [-0.2, -0.15) is 5.26 Å². The summed E-state index contributed by atoms with van der Waals surface area (Å²) in [5.74, 6) is -0.587. The third kappa shape index (κ3) is 2.27. The molecular weight excluding hydrogens is 356 g/mol. The number of amides is 1. The molecular formula is C20H16N6O2. The van der Waals surface area contributed by atoms with E-state index in [1.807, 2.05) is 6.92 Å². The Morgan fingerprint density at radius 1 is 1.18 bits per heavy atom. The molecule has 5 N–H and O–H groups in total. The molecule has 28 heavy (non-hydrogen) atoms. The first-order chi connectivity index (χ1) is 13.3. The van der Waals surface area contributed by atoms with Crippen LogP contribution in [0.3, 0.4) is 0 Å². The SMILES string of the molecule is Cc1ccc(O)c(C)c1-n1c(N)c(C(N)=O)c2nc3c(C#N)cccc3nc21. The Balaban J connectivity index is 2.25. The number of nitrogen functional groups attached to an aromatic ring is 1. The predicted molar refractivity (Wildman–Crippen MR) is 105 cm³/mol. The highest BCUT2D eigenvalue weighted by Crippen LogP contribution is 2.35. The van der Waals surface area contributed by atoms with Gasteiger partial charge in [0.25, 0.3) is 5.91 Å². The lowest BCUT2D eigenvalue weighted by molar-refractivity contribution is 0.100. The molecule has 0 aliphatic heterocycles. The lowest BCUT2D eigenvalue weighted by Gasteiger charge is -2.15. The third-order valence-corrected chi connectivity index (χ3v) is 4.82. The van der Waals surface area contributed by atoms with Crippen molar-refractivity contribution in [2.24, 2.45) is 5.73 Å². The van der Waals surface area contributed by atoms with E-state index in [4.69, 9.17) is 11.5 Å². The molecule has 0 aliphatic rings. The third-order valence-electron chi connectivity index (χ3n) is 4.82. The monoisotopic (exact) mass is 372 g/mol. The number of nitrogens with zero attached hydrogens (tertiary/aromatic N) is 4. The minimum atomic E-state index is -0.750. The molecule has 4 aromatic rings. The zero-order valence-corrected chi connectivity index (χ0v) is 15.2. The second kappa shape index (κ2) is 5.96. The lowest BCUT2D eigenvalue weighted by atomic mass is 10.1. The Kier molecular flexibility index (Phi) is 3.68. The van der Waals surface area contributed by atoms with Crippen LogP contribution in [0.25, 0.3) is 27.9 Å². The minimum absolute atomic E-state index is 0.0271. The molecule has 0 aliphatic carbocycles. The summed E-state index contributed by atoms with van der Waals surface area (Å²) in [7, 11) is 0. The Labute approximate surface area is 159 Å². The van der Waals surface area contributed by atoms with Crippen molar-refractivity contribution in [3.05, 3.63) is 52.6 Å². The van der Waals surface area contributed by atoms with Gasteiger partial charge >= 0.3 is 0 Å². The topological polar surface area (TPSA) is 144 Å². The number of primary amides is 1. The minimum Gasteiger partial charge on any atom is -0.508 e. The summed E-state index contributed by atoms with van der Waals surface area (Å²) in [6.07, 6.45) is 0. The van der Waals surface area contributed by atoms with Crippen LogP contribution in [0, 0.1) is 25.2 Å². The molecule has 0 atom stereocenters. The van der Waals surface area contributed by atoms with Gasteiger partial charge in [0.2, 0.25) is 0 Å². The van der Waals surface area contributed by atoms with Crippen LogP contribution >= 0.6 is 0 Å². The van der Waals surface area contributed by atoms with E-state index in [1.54, 1.807) is 41.8 Å². The van der Waals surface area contributed by atoms with Crippen LogP contribution in [0.2, 0.25) is 0 Å². The van der Waals surface area contributed by atoms with Crippen molar-refractivity contribution in [3.63, 3.8) is 0 Å². The maximum Gasteiger partial charge on any atom is 0.254 e. The fourth-order valence-electron chi connectivity index (χ4n) is 3.47. The number of para-hydroxylation sites is 1. The van der Waals surface area contributed by atoms with Crippen molar-refractivity contribution < 1.29 is 9.90 Å². The number of phenols is 1. The lowest BCUT2D eigenvalue weighted by Crippen LogP contribution is -2.14. The molecule has 8 heteroatoms. The van der Waals surface area contributed by atoms with Crippen LogP contribution in [0.1, 0.15) is 27.0 Å². The van der Waals surface area contributed by atoms with Crippen molar-refractivity contribution in [1.29, 1.82) is 5.26 Å². The van der Waals surface area contributed by atoms with Gasteiger partial charge in [-0.05, 0) is 37.6 Å². The number of carbonyl (C=O) groups is 1. The number of nitriles is 1. The summed E-state index contributed by atoms with van der Waals surface area (Å²) in [5, 5.41) is 19.5. The van der Waals surface area contributed by atoms with Gasteiger partial charge in [0.05, 0.1) is 16.8 Å². The van der Waals surface area contributed by atoms with Crippen LogP contribution in [-0.2, 0) is 0 Å². The predicted octanol–water partition coefficient (Wildman–Crippen LogP) is 2.45. The Hall–Kier alpha value is -4.12. The van der Waals surface area contributed by atoms with E-state index >= 15 is 0 Å². The molecule has 2 heterocycles. The molecule has 0 saturated carbocycles. The molecule has 0 spiro atoms. The first-order valence-corrected chi connectivity index (χ1v) is 8.45. The summed E-state index contributed by atoms with van der Waals surface area (Å²) >= 11 is 0. The standard InChI is InChI=1S/C20H16N6O2/c1-9-6-7-13(27)10(2)17(9)26-18(22)14(19(23)28)16-20(26)24-12-5-3-4-11(8-21)15(12)25-16/h3-7,27H,22H2,1-2H3,(H2,23,28). The van der Waals surface area contributed by atoms with E-state index in [2.05, 4.69) is 16.0 Å². The molecule has 0 saturated heterocycles. The number of fused-ring (bicyclic) bond motifs is 2. The van der Waals surface area contributed by atoms with E-state index in [9.17, 15) is 15.2 Å². The molecule has 0 unspecified atom stereocenters. The van der Waals surface area contributed by atoms with Gasteiger partial charge in [0.1, 0.15) is 34.2 Å². The van der Waals surface area contributed by atoms with E-state index in [-0.39, 0.29) is 22.6 Å². The fourth-order valence-corrected chi connectivity index (χ4v) is 3.47. The highest BCUT2D eigenvalue weighted by molar-refractivity contribution is 6.11. The van der Waals surface area contributed by atoms with Crippen molar-refractivity contribution in [2.45, 2.75) is 13.8 Å². The van der Waals surface area contributed by atoms with E-state index in [1.165, 1.54) is 0 Å². The van der Waals surface area contributed by atoms with Gasteiger partial charge in [-0.15, -0.1) is 0 Å². The maximum absolute atomic E-state index is 12.2. The number of phenolic OH excluding ortho intramolecular Hbond substituents is 1. The van der Waals surface area contributed by atoms with Crippen molar-refractivity contribution in [2.75, 3.05) is 5.73 Å². The summed E-state index contributed by atoms with van der Waals surface area (Å²) < 4.78 is 1.57. The average molecular weight is 372 g/mol. The number of aromatic nitrogens is 3. The number of hydrogen-bond donors (Lipinski definition) is 3. The number of hydrogen-bond acceptors (Lipinski definition) is 6. The zero-order valence-electron chi connectivity index (χ0n) is 15.2. The largest absolute Gasteiger partial charge is 0.508 e. The Morgan fingerprint density at radius 2 is 1.93 bits per heavy atom. The Bertz CT molecular complexity index is 1350. The summed E-state index contributed by atoms with van der Waals surface area (Å²) in [4.78, 5) is 21.3. The van der Waals surface area contributed by atoms with Crippen LogP contribution < -0.4 is 11.5 Å². The molecule has 138 valence electrons. The molecule has 4 rings (SSSR count). The molecule has 1 amide bonds. The number of aryl methyl sites for hydroxylation is 1. The van der Waals surface area contributed by atoms with Crippen LogP contribution in [0.4, 0.5) is 5.82 Å². The van der Waals surface area contributed by atoms with Gasteiger partial charge in [0, 0.05) is 5.56 Å². The van der Waals surface area contributed by atoms with E-state index in [0.29, 0.717) is 33.5 Å². The van der Waals surface area contributed by atoms with Crippen molar-refractivity contribution >= 4 is 33.9 Å².